The van der Waals surface area contributed by atoms with Gasteiger partial charge < -0.3 is 20.3 Å². The summed E-state index contributed by atoms with van der Waals surface area (Å²) in [5.74, 6) is 0.649. The van der Waals surface area contributed by atoms with Crippen LogP contribution in [0.1, 0.15) is 43.5 Å². The topological polar surface area (TPSA) is 53.6 Å². The number of rotatable bonds is 8. The molecule has 0 aromatic heterocycles. The zero-order valence-corrected chi connectivity index (χ0v) is 15.2. The van der Waals surface area contributed by atoms with Crippen LogP contribution in [0.4, 0.5) is 0 Å². The summed E-state index contributed by atoms with van der Waals surface area (Å²) >= 11 is 0. The molecule has 0 bridgehead atoms. The van der Waals surface area contributed by atoms with E-state index in [2.05, 4.69) is 29.4 Å². The van der Waals surface area contributed by atoms with E-state index in [1.165, 1.54) is 32.4 Å². The largest absolute Gasteiger partial charge is 0.497 e. The highest BCUT2D eigenvalue weighted by Gasteiger charge is 2.21. The van der Waals surface area contributed by atoms with Gasteiger partial charge in [-0.15, -0.1) is 0 Å². The lowest BCUT2D eigenvalue weighted by atomic mass is 10.0. The van der Waals surface area contributed by atoms with Crippen molar-refractivity contribution in [3.05, 3.63) is 29.8 Å². The monoisotopic (exact) mass is 333 g/mol. The van der Waals surface area contributed by atoms with Crippen molar-refractivity contribution in [3.8, 4) is 5.75 Å². The van der Waals surface area contributed by atoms with Gasteiger partial charge in [0.15, 0.2) is 0 Å². The molecule has 0 aliphatic carbocycles. The Kier molecular flexibility index (Phi) is 7.53. The maximum Gasteiger partial charge on any atom is 0.251 e. The predicted octanol–water partition coefficient (Wildman–Crippen LogP) is 2.28. The molecule has 1 unspecified atom stereocenters. The first-order valence-electron chi connectivity index (χ1n) is 9.03. The molecule has 0 spiro atoms. The number of methoxy groups -OCH3 is 1. The smallest absolute Gasteiger partial charge is 0.251 e. The van der Waals surface area contributed by atoms with Gasteiger partial charge in [0.1, 0.15) is 5.75 Å². The van der Waals surface area contributed by atoms with Gasteiger partial charge in [-0.2, -0.15) is 0 Å². The van der Waals surface area contributed by atoms with Crippen molar-refractivity contribution in [3.63, 3.8) is 0 Å². The molecule has 1 aliphatic heterocycles. The zero-order chi connectivity index (χ0) is 17.4. The van der Waals surface area contributed by atoms with Crippen LogP contribution in [0.2, 0.25) is 0 Å². The summed E-state index contributed by atoms with van der Waals surface area (Å²) in [6, 6.07) is 8.48. The van der Waals surface area contributed by atoms with Crippen molar-refractivity contribution in [1.29, 1.82) is 0 Å². The van der Waals surface area contributed by atoms with E-state index in [4.69, 9.17) is 4.74 Å². The molecule has 0 saturated carbocycles. The number of hydrogen-bond donors (Lipinski definition) is 2. The number of benzene rings is 1. The van der Waals surface area contributed by atoms with E-state index in [9.17, 15) is 4.79 Å². The Bertz CT molecular complexity index is 513. The number of ether oxygens (including phenoxy) is 1. The number of nitrogens with zero attached hydrogens (tertiary/aromatic N) is 1. The molecule has 1 saturated heterocycles. The number of nitrogens with one attached hydrogen (secondary N) is 2. The average Bonchev–Trinajstić information content (AvgIpc) is 2.65. The van der Waals surface area contributed by atoms with E-state index in [1.54, 1.807) is 19.2 Å². The predicted molar refractivity (Wildman–Crippen MR) is 97.7 cm³/mol. The highest BCUT2D eigenvalue weighted by molar-refractivity contribution is 5.94. The van der Waals surface area contributed by atoms with Crippen molar-refractivity contribution in [2.45, 2.75) is 45.2 Å². The molecule has 1 aromatic rings. The summed E-state index contributed by atoms with van der Waals surface area (Å²) in [4.78, 5) is 14.7. The van der Waals surface area contributed by atoms with Gasteiger partial charge in [0.2, 0.25) is 0 Å². The summed E-state index contributed by atoms with van der Waals surface area (Å²) in [6.07, 6.45) is 3.59. The molecule has 0 radical (unpaired) electrons. The molecule has 5 heteroatoms. The summed E-state index contributed by atoms with van der Waals surface area (Å²) in [6.45, 7) is 8.35. The maximum atomic E-state index is 12.1. The van der Waals surface area contributed by atoms with E-state index in [0.29, 0.717) is 29.9 Å². The molecule has 5 nitrogen and oxygen atoms in total. The highest BCUT2D eigenvalue weighted by Crippen LogP contribution is 2.14. The fourth-order valence-electron chi connectivity index (χ4n) is 3.12. The first-order chi connectivity index (χ1) is 11.6. The van der Waals surface area contributed by atoms with Gasteiger partial charge in [-0.25, -0.2) is 0 Å². The molecule has 1 fully saturated rings. The number of carbonyl (C=O) groups is 1. The quantitative estimate of drug-likeness (QED) is 0.717. The standard InChI is InChI=1S/C19H31N3O2/c1-4-15(2)22-12-8-17(9-13-22)20-10-11-21-19(23)16-6-5-7-18(14-16)24-3/h5-7,14-15,17,20H,4,8-13H2,1-3H3,(H,21,23). The average molecular weight is 333 g/mol. The molecule has 1 aromatic carbocycles. The Morgan fingerprint density at radius 2 is 2.08 bits per heavy atom. The van der Waals surface area contributed by atoms with Gasteiger partial charge in [0.05, 0.1) is 7.11 Å². The van der Waals surface area contributed by atoms with Crippen LogP contribution in [0.25, 0.3) is 0 Å². The molecule has 1 aliphatic rings. The van der Waals surface area contributed by atoms with Crippen LogP contribution in [-0.2, 0) is 0 Å². The first kappa shape index (κ1) is 18.7. The van der Waals surface area contributed by atoms with Crippen molar-refractivity contribution in [2.24, 2.45) is 0 Å². The molecule has 1 heterocycles. The first-order valence-corrected chi connectivity index (χ1v) is 9.03. The summed E-state index contributed by atoms with van der Waals surface area (Å²) in [5, 5.41) is 6.52. The maximum absolute atomic E-state index is 12.1. The Labute approximate surface area is 145 Å². The minimum Gasteiger partial charge on any atom is -0.497 e. The third kappa shape index (κ3) is 5.49. The lowest BCUT2D eigenvalue weighted by Gasteiger charge is -2.36. The number of likely N-dealkylation sites (tertiary alicyclic amines) is 1. The van der Waals surface area contributed by atoms with Gasteiger partial charge in [-0.05, 0) is 57.5 Å². The van der Waals surface area contributed by atoms with Crippen LogP contribution in [-0.4, -0.2) is 56.2 Å². The molecule has 24 heavy (non-hydrogen) atoms. The van der Waals surface area contributed by atoms with E-state index in [1.807, 2.05) is 12.1 Å². The van der Waals surface area contributed by atoms with Gasteiger partial charge in [-0.3, -0.25) is 4.79 Å². The van der Waals surface area contributed by atoms with Crippen molar-refractivity contribution in [1.82, 2.24) is 15.5 Å². The van der Waals surface area contributed by atoms with Crippen molar-refractivity contribution < 1.29 is 9.53 Å². The van der Waals surface area contributed by atoms with Gasteiger partial charge in [-0.1, -0.05) is 13.0 Å². The summed E-state index contributed by atoms with van der Waals surface area (Å²) in [7, 11) is 1.60. The lowest BCUT2D eigenvalue weighted by Crippen LogP contribution is -2.47. The Morgan fingerprint density at radius 3 is 2.75 bits per heavy atom. The highest BCUT2D eigenvalue weighted by atomic mass is 16.5. The summed E-state index contributed by atoms with van der Waals surface area (Å²) < 4.78 is 5.15. The molecule has 2 rings (SSSR count). The second-order valence-electron chi connectivity index (χ2n) is 6.51. The molecule has 1 atom stereocenters. The van der Waals surface area contributed by atoms with Crippen LogP contribution in [0, 0.1) is 0 Å². The van der Waals surface area contributed by atoms with Crippen LogP contribution >= 0.6 is 0 Å². The Hall–Kier alpha value is -1.59. The Balaban J connectivity index is 1.64. The van der Waals surface area contributed by atoms with Crippen LogP contribution in [0.5, 0.6) is 5.75 Å². The minimum atomic E-state index is -0.0534. The number of amides is 1. The van der Waals surface area contributed by atoms with Crippen molar-refractivity contribution in [2.75, 3.05) is 33.3 Å². The second-order valence-corrected chi connectivity index (χ2v) is 6.51. The van der Waals surface area contributed by atoms with Crippen molar-refractivity contribution >= 4 is 5.91 Å². The SMILES string of the molecule is CCC(C)N1CCC(NCCNC(=O)c2cccc(OC)c2)CC1. The van der Waals surface area contributed by atoms with E-state index in [-0.39, 0.29) is 5.91 Å². The molecular formula is C19H31N3O2. The third-order valence-corrected chi connectivity index (χ3v) is 4.92. The fourth-order valence-corrected chi connectivity index (χ4v) is 3.12. The minimum absolute atomic E-state index is 0.0534. The van der Waals surface area contributed by atoms with E-state index >= 15 is 0 Å². The zero-order valence-electron chi connectivity index (χ0n) is 15.2. The Morgan fingerprint density at radius 1 is 1.33 bits per heavy atom. The second kappa shape index (κ2) is 9.64. The molecular weight excluding hydrogens is 302 g/mol. The van der Waals surface area contributed by atoms with Crippen LogP contribution < -0.4 is 15.4 Å². The van der Waals surface area contributed by atoms with Crippen LogP contribution in [0.15, 0.2) is 24.3 Å². The molecule has 134 valence electrons. The fraction of sp³-hybridized carbons (Fsp3) is 0.632. The lowest BCUT2D eigenvalue weighted by molar-refractivity contribution is 0.0952. The van der Waals surface area contributed by atoms with Gasteiger partial charge >= 0.3 is 0 Å². The van der Waals surface area contributed by atoms with Crippen LogP contribution in [0.3, 0.4) is 0 Å². The number of hydrogen-bond acceptors (Lipinski definition) is 4. The molecule has 2 N–H and O–H groups in total. The molecule has 1 amide bonds. The normalized spacial score (nSPS) is 17.5. The van der Waals surface area contributed by atoms with E-state index in [0.717, 1.165) is 6.54 Å². The third-order valence-electron chi connectivity index (χ3n) is 4.92. The van der Waals surface area contributed by atoms with E-state index < -0.39 is 0 Å². The van der Waals surface area contributed by atoms with Gasteiger partial charge in [0.25, 0.3) is 5.91 Å². The van der Waals surface area contributed by atoms with Gasteiger partial charge in [0, 0.05) is 30.7 Å². The number of carbonyl (C=O) groups excluding carboxylic acids is 1. The summed E-state index contributed by atoms with van der Waals surface area (Å²) in [5.41, 5.74) is 0.635. The number of piperidine rings is 1.